The molecule has 0 spiro atoms. The number of hydrogen-bond donors (Lipinski definition) is 0. The van der Waals surface area contributed by atoms with Crippen molar-refractivity contribution in [1.29, 1.82) is 0 Å². The average Bonchev–Trinajstić information content (AvgIpc) is 2.38. The van der Waals surface area contributed by atoms with E-state index in [1.807, 2.05) is 0 Å². The van der Waals surface area contributed by atoms with Crippen LogP contribution in [-0.4, -0.2) is 43.0 Å². The third-order valence-corrected chi connectivity index (χ3v) is 3.69. The van der Waals surface area contributed by atoms with Crippen LogP contribution in [0.5, 0.6) is 0 Å². The third kappa shape index (κ3) is 7.97. The molecule has 0 unspecified atom stereocenters. The van der Waals surface area contributed by atoms with Crippen LogP contribution in [0, 0.1) is 0 Å². The van der Waals surface area contributed by atoms with E-state index >= 15 is 0 Å². The Morgan fingerprint density at radius 3 is 1.78 bits per heavy atom. The lowest BCUT2D eigenvalue weighted by molar-refractivity contribution is -0.355. The Balaban J connectivity index is 3.47. The molecule has 0 aliphatic rings. The van der Waals surface area contributed by atoms with Crippen LogP contribution < -0.4 is 0 Å². The molecule has 5 heteroatoms. The molecule has 0 saturated heterocycles. The quantitative estimate of drug-likeness (QED) is 0.308. The molecule has 4 nitrogen and oxygen atoms in total. The first-order chi connectivity index (χ1) is 8.60. The highest BCUT2D eigenvalue weighted by atomic mass is 28.1. The Bertz CT molecular complexity index is 209. The van der Waals surface area contributed by atoms with Crippen LogP contribution in [0.3, 0.4) is 0 Å². The Labute approximate surface area is 114 Å². The van der Waals surface area contributed by atoms with Crippen molar-refractivity contribution in [3.8, 4) is 0 Å². The number of carbonyl (C=O) groups is 1. The van der Waals surface area contributed by atoms with E-state index in [-0.39, 0.29) is 0 Å². The van der Waals surface area contributed by atoms with Gasteiger partial charge in [0, 0.05) is 34.2 Å². The molecule has 0 bridgehead atoms. The second-order valence-electron chi connectivity index (χ2n) is 4.62. The summed E-state index contributed by atoms with van der Waals surface area (Å²) >= 11 is 0. The third-order valence-electron chi connectivity index (χ3n) is 3.19. The zero-order valence-corrected chi connectivity index (χ0v) is 14.3. The first-order valence-corrected chi connectivity index (χ1v) is 7.75. The standard InChI is InChI=1S/C13H28O4Si/c1-15-13(16-2,17-3)11-9-7-5-4-6-8-10-12(14)18/h4-11H2,1-3,18H3. The summed E-state index contributed by atoms with van der Waals surface area (Å²) < 4.78 is 15.7. The number of hydrogen-bond acceptors (Lipinski definition) is 4. The van der Waals surface area contributed by atoms with Crippen LogP contribution in [0.1, 0.15) is 51.4 Å². The molecule has 0 aromatic heterocycles. The fourth-order valence-electron chi connectivity index (χ4n) is 1.98. The van der Waals surface area contributed by atoms with E-state index in [1.165, 1.54) is 12.8 Å². The normalized spacial score (nSPS) is 11.9. The van der Waals surface area contributed by atoms with Gasteiger partial charge >= 0.3 is 0 Å². The van der Waals surface area contributed by atoms with Gasteiger partial charge in [0.05, 0.1) is 10.2 Å². The second kappa shape index (κ2) is 10.7. The van der Waals surface area contributed by atoms with E-state index in [0.29, 0.717) is 15.6 Å². The second-order valence-corrected chi connectivity index (χ2v) is 5.73. The van der Waals surface area contributed by atoms with Gasteiger partial charge in [0.1, 0.15) is 5.41 Å². The van der Waals surface area contributed by atoms with Crippen LogP contribution in [-0.2, 0) is 19.0 Å². The van der Waals surface area contributed by atoms with E-state index < -0.39 is 5.97 Å². The largest absolute Gasteiger partial charge is 0.331 e. The molecular weight excluding hydrogens is 248 g/mol. The topological polar surface area (TPSA) is 44.8 Å². The summed E-state index contributed by atoms with van der Waals surface area (Å²) in [5, 5.41) is 0.431. The Hall–Kier alpha value is -0.233. The molecule has 0 saturated carbocycles. The Morgan fingerprint density at radius 2 is 1.33 bits per heavy atom. The molecule has 0 heterocycles. The van der Waals surface area contributed by atoms with Crippen molar-refractivity contribution in [2.75, 3.05) is 21.3 Å². The van der Waals surface area contributed by atoms with E-state index in [0.717, 1.165) is 38.5 Å². The van der Waals surface area contributed by atoms with E-state index in [1.54, 1.807) is 21.3 Å². The molecule has 0 rings (SSSR count). The lowest BCUT2D eigenvalue weighted by atomic mass is 10.1. The highest BCUT2D eigenvalue weighted by Gasteiger charge is 2.28. The van der Waals surface area contributed by atoms with Crippen LogP contribution in [0.15, 0.2) is 0 Å². The maximum absolute atomic E-state index is 10.8. The number of methoxy groups -OCH3 is 3. The maximum Gasteiger partial charge on any atom is 0.282 e. The minimum Gasteiger partial charge on any atom is -0.331 e. The summed E-state index contributed by atoms with van der Waals surface area (Å²) in [4.78, 5) is 10.8. The molecule has 108 valence electrons. The molecule has 0 atom stereocenters. The summed E-state index contributed by atoms with van der Waals surface area (Å²) in [7, 11) is 5.49. The van der Waals surface area contributed by atoms with Gasteiger partial charge in [-0.15, -0.1) is 0 Å². The maximum atomic E-state index is 10.8. The summed E-state index contributed by atoms with van der Waals surface area (Å²) in [6.07, 6.45) is 8.32. The van der Waals surface area contributed by atoms with Crippen molar-refractivity contribution < 1.29 is 19.0 Å². The molecule has 0 aromatic carbocycles. The van der Waals surface area contributed by atoms with Gasteiger partial charge in [-0.05, 0) is 12.8 Å². The van der Waals surface area contributed by atoms with Crippen LogP contribution in [0.4, 0.5) is 0 Å². The van der Waals surface area contributed by atoms with Crippen LogP contribution in [0.2, 0.25) is 0 Å². The Morgan fingerprint density at radius 1 is 0.889 bits per heavy atom. The van der Waals surface area contributed by atoms with Gasteiger partial charge in [-0.1, -0.05) is 25.7 Å². The van der Waals surface area contributed by atoms with Gasteiger partial charge in [0.2, 0.25) is 0 Å². The van der Waals surface area contributed by atoms with Gasteiger partial charge < -0.3 is 19.0 Å². The molecule has 0 fully saturated rings. The Kier molecular flexibility index (Phi) is 10.5. The lowest BCUT2D eigenvalue weighted by Crippen LogP contribution is -2.35. The monoisotopic (exact) mass is 276 g/mol. The minimum atomic E-state index is -0.876. The minimum absolute atomic E-state index is 0.431. The zero-order valence-electron chi connectivity index (χ0n) is 12.3. The smallest absolute Gasteiger partial charge is 0.282 e. The summed E-state index contributed by atoms with van der Waals surface area (Å²) in [5.74, 6) is -0.876. The van der Waals surface area contributed by atoms with Crippen molar-refractivity contribution in [3.63, 3.8) is 0 Å². The predicted octanol–water partition coefficient (Wildman–Crippen LogP) is 1.59. The number of unbranched alkanes of at least 4 members (excludes halogenated alkanes) is 5. The van der Waals surface area contributed by atoms with Gasteiger partial charge in [-0.2, -0.15) is 0 Å². The molecule has 0 amide bonds. The highest BCUT2D eigenvalue weighted by molar-refractivity contribution is 6.57. The van der Waals surface area contributed by atoms with Gasteiger partial charge in [0.25, 0.3) is 5.97 Å². The van der Waals surface area contributed by atoms with E-state index in [9.17, 15) is 4.79 Å². The highest BCUT2D eigenvalue weighted by Crippen LogP contribution is 2.21. The van der Waals surface area contributed by atoms with Crippen molar-refractivity contribution >= 4 is 15.6 Å². The average molecular weight is 276 g/mol. The zero-order chi connectivity index (χ0) is 13.9. The lowest BCUT2D eigenvalue weighted by Gasteiger charge is -2.28. The molecule has 0 aliphatic carbocycles. The SMILES string of the molecule is COC(CCCCCCCCC(=O)[SiH3])(OC)OC. The summed E-state index contributed by atoms with van der Waals surface area (Å²) in [6.45, 7) is 0. The van der Waals surface area contributed by atoms with Crippen molar-refractivity contribution in [3.05, 3.63) is 0 Å². The number of rotatable bonds is 12. The molecule has 0 aliphatic heterocycles. The van der Waals surface area contributed by atoms with Gasteiger partial charge in [-0.25, -0.2) is 0 Å². The fraction of sp³-hybridized carbons (Fsp3) is 0.923. The molecule has 0 radical (unpaired) electrons. The number of carbonyl (C=O) groups excluding carboxylic acids is 1. The summed E-state index contributed by atoms with van der Waals surface area (Å²) in [5.41, 5.74) is 0. The van der Waals surface area contributed by atoms with Crippen LogP contribution in [0.25, 0.3) is 0 Å². The molecule has 0 N–H and O–H groups in total. The predicted molar refractivity (Wildman–Crippen MR) is 75.6 cm³/mol. The van der Waals surface area contributed by atoms with Crippen molar-refractivity contribution in [2.45, 2.75) is 57.3 Å². The van der Waals surface area contributed by atoms with Gasteiger partial charge in [-0.3, -0.25) is 0 Å². The molecule has 18 heavy (non-hydrogen) atoms. The first kappa shape index (κ1) is 17.8. The first-order valence-electron chi connectivity index (χ1n) is 6.75. The number of ether oxygens (including phenoxy) is 3. The summed E-state index contributed by atoms with van der Waals surface area (Å²) in [6, 6.07) is 0. The van der Waals surface area contributed by atoms with Crippen LogP contribution >= 0.6 is 0 Å². The fourth-order valence-corrected chi connectivity index (χ4v) is 2.33. The van der Waals surface area contributed by atoms with Crippen molar-refractivity contribution in [2.24, 2.45) is 0 Å². The molecule has 0 aromatic rings. The molecular formula is C13H28O4Si. The van der Waals surface area contributed by atoms with Gasteiger partial charge in [0.15, 0.2) is 0 Å². The van der Waals surface area contributed by atoms with E-state index in [2.05, 4.69) is 0 Å². The van der Waals surface area contributed by atoms with Crippen molar-refractivity contribution in [1.82, 2.24) is 0 Å². The van der Waals surface area contributed by atoms with E-state index in [4.69, 9.17) is 14.2 Å².